The van der Waals surface area contributed by atoms with E-state index in [4.69, 9.17) is 4.52 Å². The van der Waals surface area contributed by atoms with Gasteiger partial charge >= 0.3 is 0 Å². The fraction of sp³-hybridized carbons (Fsp3) is 0.462. The monoisotopic (exact) mass is 231 g/mol. The van der Waals surface area contributed by atoms with Crippen molar-refractivity contribution < 1.29 is 4.52 Å². The van der Waals surface area contributed by atoms with Gasteiger partial charge in [-0.25, -0.2) is 0 Å². The van der Waals surface area contributed by atoms with Crippen LogP contribution >= 0.6 is 0 Å². The second-order valence-electron chi connectivity index (χ2n) is 4.43. The molecule has 17 heavy (non-hydrogen) atoms. The fourth-order valence-corrected chi connectivity index (χ4v) is 1.64. The first-order valence-corrected chi connectivity index (χ1v) is 5.94. The number of hydrogen-bond donors (Lipinski definition) is 0. The van der Waals surface area contributed by atoms with Gasteiger partial charge in [0.2, 0.25) is 0 Å². The topological polar surface area (TPSA) is 51.8 Å². The lowest BCUT2D eigenvalue weighted by Crippen LogP contribution is -2.21. The Kier molecular flexibility index (Phi) is 3.22. The van der Waals surface area contributed by atoms with Gasteiger partial charge in [-0.15, -0.1) is 0 Å². The third-order valence-corrected chi connectivity index (χ3v) is 3.44. The van der Waals surface area contributed by atoms with Crippen LogP contribution in [0.15, 0.2) is 29.0 Å². The van der Waals surface area contributed by atoms with E-state index in [0.717, 1.165) is 24.2 Å². The van der Waals surface area contributed by atoms with Crippen molar-refractivity contribution in [3.8, 4) is 11.5 Å². The summed E-state index contributed by atoms with van der Waals surface area (Å²) in [7, 11) is 0. The van der Waals surface area contributed by atoms with E-state index in [1.807, 2.05) is 12.1 Å². The number of rotatable bonds is 4. The van der Waals surface area contributed by atoms with Gasteiger partial charge in [-0.2, -0.15) is 4.98 Å². The van der Waals surface area contributed by atoms with Gasteiger partial charge in [0.1, 0.15) is 0 Å². The van der Waals surface area contributed by atoms with Crippen molar-refractivity contribution in [2.75, 3.05) is 0 Å². The van der Waals surface area contributed by atoms with Crippen LogP contribution in [0.1, 0.15) is 39.4 Å². The lowest BCUT2D eigenvalue weighted by atomic mass is 9.84. The van der Waals surface area contributed by atoms with Crippen molar-refractivity contribution in [3.63, 3.8) is 0 Å². The van der Waals surface area contributed by atoms with Gasteiger partial charge in [-0.05, 0) is 25.0 Å². The van der Waals surface area contributed by atoms with Gasteiger partial charge in [0.05, 0.1) is 5.56 Å². The summed E-state index contributed by atoms with van der Waals surface area (Å²) in [4.78, 5) is 8.52. The maximum atomic E-state index is 5.30. The minimum atomic E-state index is -0.00996. The molecule has 0 bridgehead atoms. The molecule has 2 aromatic heterocycles. The largest absolute Gasteiger partial charge is 0.334 e. The summed E-state index contributed by atoms with van der Waals surface area (Å²) in [5.74, 6) is 1.32. The van der Waals surface area contributed by atoms with E-state index in [-0.39, 0.29) is 5.41 Å². The molecule has 0 saturated carbocycles. The van der Waals surface area contributed by atoms with Crippen LogP contribution in [0.2, 0.25) is 0 Å². The maximum Gasteiger partial charge on any atom is 0.259 e. The van der Waals surface area contributed by atoms with E-state index >= 15 is 0 Å². The zero-order chi connectivity index (χ0) is 12.3. The molecule has 2 rings (SSSR count). The first kappa shape index (κ1) is 11.8. The maximum absolute atomic E-state index is 5.30. The molecule has 0 N–H and O–H groups in total. The van der Waals surface area contributed by atoms with Crippen molar-refractivity contribution in [2.24, 2.45) is 0 Å². The molecule has 0 aliphatic heterocycles. The Morgan fingerprint density at radius 2 is 2.06 bits per heavy atom. The molecule has 90 valence electrons. The van der Waals surface area contributed by atoms with Crippen LogP contribution in [0.4, 0.5) is 0 Å². The van der Waals surface area contributed by atoms with Crippen molar-refractivity contribution >= 4 is 0 Å². The lowest BCUT2D eigenvalue weighted by Gasteiger charge is -2.21. The van der Waals surface area contributed by atoms with Crippen LogP contribution in [0.5, 0.6) is 0 Å². The van der Waals surface area contributed by atoms with Gasteiger partial charge in [-0.3, -0.25) is 4.98 Å². The average Bonchev–Trinajstić information content (AvgIpc) is 2.89. The van der Waals surface area contributed by atoms with Crippen molar-refractivity contribution in [1.82, 2.24) is 15.1 Å². The molecule has 0 spiro atoms. The summed E-state index contributed by atoms with van der Waals surface area (Å²) in [6.07, 6.45) is 5.44. The molecule has 2 heterocycles. The van der Waals surface area contributed by atoms with E-state index in [2.05, 4.69) is 35.9 Å². The number of aromatic nitrogens is 3. The number of hydrogen-bond acceptors (Lipinski definition) is 4. The Morgan fingerprint density at radius 3 is 2.65 bits per heavy atom. The minimum absolute atomic E-state index is 0.00996. The Balaban J connectivity index is 2.34. The van der Waals surface area contributed by atoms with E-state index in [9.17, 15) is 0 Å². The first-order chi connectivity index (χ1) is 8.19. The normalized spacial score (nSPS) is 11.7. The van der Waals surface area contributed by atoms with Crippen molar-refractivity contribution in [2.45, 2.75) is 39.0 Å². The Labute approximate surface area is 101 Å². The molecule has 2 aromatic rings. The highest BCUT2D eigenvalue weighted by Gasteiger charge is 2.28. The number of nitrogens with zero attached hydrogens (tertiary/aromatic N) is 3. The van der Waals surface area contributed by atoms with Gasteiger partial charge < -0.3 is 4.52 Å². The van der Waals surface area contributed by atoms with Crippen LogP contribution in [0, 0.1) is 0 Å². The molecule has 0 saturated heterocycles. The Bertz CT molecular complexity index is 474. The highest BCUT2D eigenvalue weighted by Crippen LogP contribution is 2.30. The molecule has 0 aromatic carbocycles. The second kappa shape index (κ2) is 4.65. The van der Waals surface area contributed by atoms with Crippen LogP contribution < -0.4 is 0 Å². The zero-order valence-corrected chi connectivity index (χ0v) is 10.5. The summed E-state index contributed by atoms with van der Waals surface area (Å²) < 4.78 is 5.30. The van der Waals surface area contributed by atoms with E-state index < -0.39 is 0 Å². The van der Waals surface area contributed by atoms with E-state index in [0.29, 0.717) is 5.89 Å². The SMILES string of the molecule is CCC(C)(CC)c1noc(-c2cccnc2)n1. The smallest absolute Gasteiger partial charge is 0.259 e. The van der Waals surface area contributed by atoms with Gasteiger partial charge in [0.25, 0.3) is 5.89 Å². The van der Waals surface area contributed by atoms with Crippen LogP contribution in [-0.4, -0.2) is 15.1 Å². The first-order valence-electron chi connectivity index (χ1n) is 5.94. The molecule has 0 aliphatic carbocycles. The molecule has 0 unspecified atom stereocenters. The van der Waals surface area contributed by atoms with Gasteiger partial charge in [-0.1, -0.05) is 25.9 Å². The van der Waals surface area contributed by atoms with E-state index in [1.165, 1.54) is 0 Å². The standard InChI is InChI=1S/C13H17N3O/c1-4-13(3,5-2)12-15-11(17-16-12)10-7-6-8-14-9-10/h6-9H,4-5H2,1-3H3. The summed E-state index contributed by atoms with van der Waals surface area (Å²) in [6, 6.07) is 3.78. The minimum Gasteiger partial charge on any atom is -0.334 e. The van der Waals surface area contributed by atoms with Gasteiger partial charge in [0, 0.05) is 17.8 Å². The molecular formula is C13H17N3O. The Morgan fingerprint density at radius 1 is 1.29 bits per heavy atom. The summed E-state index contributed by atoms with van der Waals surface area (Å²) >= 11 is 0. The predicted octanol–water partition coefficient (Wildman–Crippen LogP) is 3.21. The predicted molar refractivity (Wildman–Crippen MR) is 65.5 cm³/mol. The summed E-state index contributed by atoms with van der Waals surface area (Å²) in [5.41, 5.74) is 0.852. The number of pyridine rings is 1. The molecular weight excluding hydrogens is 214 g/mol. The third kappa shape index (κ3) is 2.20. The molecule has 0 aliphatic rings. The third-order valence-electron chi connectivity index (χ3n) is 3.44. The van der Waals surface area contributed by atoms with Crippen molar-refractivity contribution in [1.29, 1.82) is 0 Å². The van der Waals surface area contributed by atoms with Crippen molar-refractivity contribution in [3.05, 3.63) is 30.4 Å². The molecule has 0 amide bonds. The highest BCUT2D eigenvalue weighted by atomic mass is 16.5. The van der Waals surface area contributed by atoms with E-state index in [1.54, 1.807) is 12.4 Å². The second-order valence-corrected chi connectivity index (χ2v) is 4.43. The molecule has 0 atom stereocenters. The molecule has 4 heteroatoms. The zero-order valence-electron chi connectivity index (χ0n) is 10.5. The molecule has 4 nitrogen and oxygen atoms in total. The summed E-state index contributed by atoms with van der Waals surface area (Å²) in [5, 5.41) is 4.09. The lowest BCUT2D eigenvalue weighted by molar-refractivity contribution is 0.364. The van der Waals surface area contributed by atoms with Gasteiger partial charge in [0.15, 0.2) is 5.82 Å². The van der Waals surface area contributed by atoms with Crippen LogP contribution in [0.3, 0.4) is 0 Å². The van der Waals surface area contributed by atoms with Crippen LogP contribution in [0.25, 0.3) is 11.5 Å². The fourth-order valence-electron chi connectivity index (χ4n) is 1.64. The average molecular weight is 231 g/mol. The van der Waals surface area contributed by atoms with Crippen LogP contribution in [-0.2, 0) is 5.41 Å². The molecule has 0 radical (unpaired) electrons. The highest BCUT2D eigenvalue weighted by molar-refractivity contribution is 5.50. The Hall–Kier alpha value is -1.71. The summed E-state index contributed by atoms with van der Waals surface area (Å²) in [6.45, 7) is 6.44. The quantitative estimate of drug-likeness (QED) is 0.810. The molecule has 0 fully saturated rings.